The van der Waals surface area contributed by atoms with E-state index in [1.165, 1.54) is 11.3 Å². The zero-order valence-electron chi connectivity index (χ0n) is 12.9. The van der Waals surface area contributed by atoms with Gasteiger partial charge in [0.25, 0.3) is 5.56 Å². The highest BCUT2D eigenvalue weighted by molar-refractivity contribution is 7.17. The van der Waals surface area contributed by atoms with Crippen molar-refractivity contribution in [1.29, 1.82) is 0 Å². The summed E-state index contributed by atoms with van der Waals surface area (Å²) in [7, 11) is 1.98. The van der Waals surface area contributed by atoms with Gasteiger partial charge >= 0.3 is 0 Å². The van der Waals surface area contributed by atoms with Crippen LogP contribution in [0.1, 0.15) is 23.9 Å². The third-order valence-corrected chi connectivity index (χ3v) is 4.78. The molecular weight excluding hydrogens is 310 g/mol. The van der Waals surface area contributed by atoms with Crippen LogP contribution in [0.4, 0.5) is 0 Å². The molecule has 120 valence electrons. The molecule has 3 rings (SSSR count). The lowest BCUT2D eigenvalue weighted by Gasteiger charge is -2.27. The second-order valence-corrected chi connectivity index (χ2v) is 6.42. The molecular formula is C17H19N3O2S. The van der Waals surface area contributed by atoms with Crippen LogP contribution in [0.25, 0.3) is 10.2 Å². The van der Waals surface area contributed by atoms with Gasteiger partial charge in [-0.1, -0.05) is 30.3 Å². The van der Waals surface area contributed by atoms with Crippen LogP contribution in [0.2, 0.25) is 0 Å². The van der Waals surface area contributed by atoms with Crippen molar-refractivity contribution in [3.63, 3.8) is 0 Å². The molecule has 6 heteroatoms. The first-order chi connectivity index (χ1) is 11.2. The summed E-state index contributed by atoms with van der Waals surface area (Å²) in [5.41, 5.74) is 1.79. The largest absolute Gasteiger partial charge is 0.396 e. The Morgan fingerprint density at radius 3 is 2.83 bits per heavy atom. The van der Waals surface area contributed by atoms with E-state index in [1.54, 1.807) is 0 Å². The molecule has 0 spiro atoms. The number of aliphatic hydroxyl groups excluding tert-OH is 1. The van der Waals surface area contributed by atoms with E-state index < -0.39 is 0 Å². The molecule has 1 aromatic carbocycles. The van der Waals surface area contributed by atoms with Gasteiger partial charge in [0.1, 0.15) is 10.5 Å². The molecule has 3 aromatic rings. The third-order valence-electron chi connectivity index (χ3n) is 3.88. The molecule has 2 heterocycles. The maximum Gasteiger partial charge on any atom is 0.268 e. The van der Waals surface area contributed by atoms with Gasteiger partial charge < -0.3 is 10.1 Å². The molecule has 0 radical (unpaired) electrons. The first kappa shape index (κ1) is 15.9. The zero-order chi connectivity index (χ0) is 16.2. The van der Waals surface area contributed by atoms with Crippen LogP contribution in [0, 0.1) is 0 Å². The first-order valence-corrected chi connectivity index (χ1v) is 8.39. The van der Waals surface area contributed by atoms with Crippen LogP contribution in [0.3, 0.4) is 0 Å². The third kappa shape index (κ3) is 3.50. The molecule has 0 amide bonds. The molecule has 0 aliphatic carbocycles. The SMILES string of the molecule is CN(Cc1nc2ccsc2c(=O)[nH]1)C(CCO)c1ccccc1. The molecule has 23 heavy (non-hydrogen) atoms. The van der Waals surface area contributed by atoms with E-state index in [-0.39, 0.29) is 18.2 Å². The van der Waals surface area contributed by atoms with Crippen molar-refractivity contribution < 1.29 is 5.11 Å². The molecule has 0 saturated carbocycles. The molecule has 0 saturated heterocycles. The van der Waals surface area contributed by atoms with E-state index in [0.29, 0.717) is 23.5 Å². The van der Waals surface area contributed by atoms with Crippen molar-refractivity contribution in [2.24, 2.45) is 0 Å². The van der Waals surface area contributed by atoms with Gasteiger partial charge in [0, 0.05) is 12.6 Å². The molecule has 1 unspecified atom stereocenters. The smallest absolute Gasteiger partial charge is 0.268 e. The van der Waals surface area contributed by atoms with E-state index in [0.717, 1.165) is 11.1 Å². The molecule has 5 nitrogen and oxygen atoms in total. The number of fused-ring (bicyclic) bond motifs is 1. The Kier molecular flexibility index (Phi) is 4.85. The maximum absolute atomic E-state index is 12.1. The van der Waals surface area contributed by atoms with Crippen LogP contribution in [-0.4, -0.2) is 33.6 Å². The van der Waals surface area contributed by atoms with Gasteiger partial charge in [0.15, 0.2) is 0 Å². The number of hydrogen-bond donors (Lipinski definition) is 2. The van der Waals surface area contributed by atoms with Crippen LogP contribution >= 0.6 is 11.3 Å². The number of hydrogen-bond acceptors (Lipinski definition) is 5. The Bertz CT molecular complexity index is 828. The van der Waals surface area contributed by atoms with Gasteiger partial charge in [-0.2, -0.15) is 0 Å². The summed E-state index contributed by atoms with van der Waals surface area (Å²) in [5, 5.41) is 11.2. The lowest BCUT2D eigenvalue weighted by atomic mass is 10.0. The van der Waals surface area contributed by atoms with Crippen molar-refractivity contribution in [3.05, 3.63) is 63.5 Å². The highest BCUT2D eigenvalue weighted by Crippen LogP contribution is 2.24. The van der Waals surface area contributed by atoms with Gasteiger partial charge in [-0.3, -0.25) is 9.69 Å². The van der Waals surface area contributed by atoms with Gasteiger partial charge in [0.05, 0.1) is 12.1 Å². The fraction of sp³-hybridized carbons (Fsp3) is 0.294. The second kappa shape index (κ2) is 7.04. The minimum absolute atomic E-state index is 0.0738. The topological polar surface area (TPSA) is 69.2 Å². The average Bonchev–Trinajstić information content (AvgIpc) is 3.02. The molecule has 2 aromatic heterocycles. The zero-order valence-corrected chi connectivity index (χ0v) is 13.7. The van der Waals surface area contributed by atoms with Gasteiger partial charge in [-0.15, -0.1) is 11.3 Å². The van der Waals surface area contributed by atoms with Gasteiger partial charge in [-0.05, 0) is 30.5 Å². The summed E-state index contributed by atoms with van der Waals surface area (Å²) < 4.78 is 0.659. The monoisotopic (exact) mass is 329 g/mol. The molecule has 0 aliphatic heterocycles. The number of aromatic amines is 1. The van der Waals surface area contributed by atoms with E-state index in [9.17, 15) is 9.90 Å². The first-order valence-electron chi connectivity index (χ1n) is 7.51. The van der Waals surface area contributed by atoms with Crippen molar-refractivity contribution in [2.45, 2.75) is 19.0 Å². The Labute approximate surface area is 138 Å². The number of thiophene rings is 1. The predicted molar refractivity (Wildman–Crippen MR) is 92.6 cm³/mol. The van der Waals surface area contributed by atoms with Crippen LogP contribution in [0.5, 0.6) is 0 Å². The summed E-state index contributed by atoms with van der Waals surface area (Å²) in [4.78, 5) is 21.5. The van der Waals surface area contributed by atoms with Crippen LogP contribution in [-0.2, 0) is 6.54 Å². The maximum atomic E-state index is 12.1. The number of rotatable bonds is 6. The van der Waals surface area contributed by atoms with E-state index in [2.05, 4.69) is 27.0 Å². The Balaban J connectivity index is 1.85. The number of benzene rings is 1. The van der Waals surface area contributed by atoms with E-state index in [4.69, 9.17) is 0 Å². The predicted octanol–water partition coefficient (Wildman–Crippen LogP) is 2.54. The normalized spacial score (nSPS) is 12.8. The van der Waals surface area contributed by atoms with E-state index >= 15 is 0 Å². The van der Waals surface area contributed by atoms with Crippen molar-refractivity contribution >= 4 is 21.6 Å². The van der Waals surface area contributed by atoms with Crippen molar-refractivity contribution in [3.8, 4) is 0 Å². The summed E-state index contributed by atoms with van der Waals surface area (Å²) >= 11 is 1.40. The quantitative estimate of drug-likeness (QED) is 0.729. The Morgan fingerprint density at radius 2 is 2.09 bits per heavy atom. The van der Waals surface area contributed by atoms with Crippen molar-refractivity contribution in [1.82, 2.24) is 14.9 Å². The summed E-state index contributed by atoms with van der Waals surface area (Å²) in [6.07, 6.45) is 0.630. The molecule has 0 fully saturated rings. The second-order valence-electron chi connectivity index (χ2n) is 5.50. The highest BCUT2D eigenvalue weighted by atomic mass is 32.1. The fourth-order valence-electron chi connectivity index (χ4n) is 2.78. The molecule has 2 N–H and O–H groups in total. The summed E-state index contributed by atoms with van der Waals surface area (Å²) in [5.74, 6) is 0.641. The average molecular weight is 329 g/mol. The Morgan fingerprint density at radius 1 is 1.30 bits per heavy atom. The Hall–Kier alpha value is -2.02. The minimum Gasteiger partial charge on any atom is -0.396 e. The minimum atomic E-state index is -0.0909. The highest BCUT2D eigenvalue weighted by Gasteiger charge is 2.18. The fourth-order valence-corrected chi connectivity index (χ4v) is 3.51. The van der Waals surface area contributed by atoms with Crippen LogP contribution < -0.4 is 5.56 Å². The standard InChI is InChI=1S/C17H19N3O2S/c1-20(14(7-9-21)12-5-3-2-4-6-12)11-15-18-13-8-10-23-16(13)17(22)19-15/h2-6,8,10,14,21H,7,9,11H2,1H3,(H,18,19,22). The van der Waals surface area contributed by atoms with Crippen LogP contribution in [0.15, 0.2) is 46.6 Å². The number of nitrogens with zero attached hydrogens (tertiary/aromatic N) is 2. The van der Waals surface area contributed by atoms with Gasteiger partial charge in [-0.25, -0.2) is 4.98 Å². The number of aromatic nitrogens is 2. The molecule has 0 bridgehead atoms. The van der Waals surface area contributed by atoms with E-state index in [1.807, 2.05) is 36.7 Å². The van der Waals surface area contributed by atoms with Gasteiger partial charge in [0.2, 0.25) is 0 Å². The molecule has 0 aliphatic rings. The number of H-pyrrole nitrogens is 1. The summed E-state index contributed by atoms with van der Waals surface area (Å²) in [6, 6.07) is 12.0. The molecule has 1 atom stereocenters. The summed E-state index contributed by atoms with van der Waals surface area (Å²) in [6.45, 7) is 0.623. The lowest BCUT2D eigenvalue weighted by molar-refractivity contribution is 0.177. The lowest BCUT2D eigenvalue weighted by Crippen LogP contribution is -2.27. The number of aliphatic hydroxyl groups is 1. The van der Waals surface area contributed by atoms with Crippen molar-refractivity contribution in [2.75, 3.05) is 13.7 Å². The number of nitrogens with one attached hydrogen (secondary N) is 1.